The van der Waals surface area contributed by atoms with Gasteiger partial charge < -0.3 is 4.57 Å². The Hall–Kier alpha value is -4.14. The van der Waals surface area contributed by atoms with Crippen LogP contribution in [-0.2, 0) is 13.5 Å². The van der Waals surface area contributed by atoms with E-state index in [0.29, 0.717) is 17.9 Å². The average molecular weight is 413 g/mol. The van der Waals surface area contributed by atoms with E-state index >= 15 is 0 Å². The van der Waals surface area contributed by atoms with Gasteiger partial charge >= 0.3 is 0 Å². The minimum Gasteiger partial charge on any atom is -0.327 e. The summed E-state index contributed by atoms with van der Waals surface area (Å²) < 4.78 is 3.65. The Morgan fingerprint density at radius 1 is 1.03 bits per heavy atom. The van der Waals surface area contributed by atoms with E-state index in [9.17, 15) is 10.1 Å². The molecule has 0 saturated heterocycles. The molecule has 3 heterocycles. The summed E-state index contributed by atoms with van der Waals surface area (Å²) in [5.41, 5.74) is 5.75. The molecule has 154 valence electrons. The van der Waals surface area contributed by atoms with Crippen LogP contribution in [0.1, 0.15) is 22.5 Å². The van der Waals surface area contributed by atoms with Gasteiger partial charge in [-0.1, -0.05) is 36.4 Å². The van der Waals surface area contributed by atoms with Crippen molar-refractivity contribution < 1.29 is 4.92 Å². The first-order valence-corrected chi connectivity index (χ1v) is 9.81. The second-order valence-corrected chi connectivity index (χ2v) is 7.48. The van der Waals surface area contributed by atoms with Crippen LogP contribution >= 0.6 is 0 Å². The SMILES string of the molecule is Cc1nn(-c2nnc3c4ccccc4n(C)c3n2)c(C)c1Cc1ccccc1[N+](=O)[O-]. The Balaban J connectivity index is 1.61. The van der Waals surface area contributed by atoms with E-state index in [2.05, 4.69) is 15.3 Å². The first-order chi connectivity index (χ1) is 15.0. The zero-order valence-electron chi connectivity index (χ0n) is 17.3. The summed E-state index contributed by atoms with van der Waals surface area (Å²) in [6.45, 7) is 3.80. The molecule has 0 aliphatic rings. The van der Waals surface area contributed by atoms with Gasteiger partial charge in [-0.3, -0.25) is 10.1 Å². The summed E-state index contributed by atoms with van der Waals surface area (Å²) in [5.74, 6) is 0.368. The third kappa shape index (κ3) is 2.93. The minimum absolute atomic E-state index is 0.101. The molecule has 0 aliphatic heterocycles. The van der Waals surface area contributed by atoms with Crippen LogP contribution in [0.5, 0.6) is 0 Å². The fraction of sp³-hybridized carbons (Fsp3) is 0.182. The van der Waals surface area contributed by atoms with Crippen LogP contribution in [0.4, 0.5) is 5.69 Å². The summed E-state index contributed by atoms with van der Waals surface area (Å²) in [6, 6.07) is 14.7. The maximum atomic E-state index is 11.4. The molecule has 0 spiro atoms. The smallest absolute Gasteiger partial charge is 0.272 e. The quantitative estimate of drug-likeness (QED) is 0.328. The van der Waals surface area contributed by atoms with Gasteiger partial charge in [-0.2, -0.15) is 10.1 Å². The summed E-state index contributed by atoms with van der Waals surface area (Å²) in [6.07, 6.45) is 0.401. The molecule has 0 unspecified atom stereocenters. The molecule has 9 nitrogen and oxygen atoms in total. The van der Waals surface area contributed by atoms with E-state index in [1.54, 1.807) is 22.9 Å². The predicted octanol–water partition coefficient (Wildman–Crippen LogP) is 3.82. The molecule has 0 saturated carbocycles. The average Bonchev–Trinajstić information content (AvgIpc) is 3.22. The van der Waals surface area contributed by atoms with E-state index in [1.807, 2.05) is 49.7 Å². The van der Waals surface area contributed by atoms with Crippen molar-refractivity contribution in [2.24, 2.45) is 7.05 Å². The van der Waals surface area contributed by atoms with Gasteiger partial charge in [0.25, 0.3) is 11.6 Å². The molecule has 5 aromatic rings. The molecule has 9 heteroatoms. The number of fused-ring (bicyclic) bond motifs is 3. The molecule has 0 amide bonds. The van der Waals surface area contributed by atoms with Gasteiger partial charge in [0, 0.05) is 41.7 Å². The van der Waals surface area contributed by atoms with Crippen molar-refractivity contribution in [3.8, 4) is 5.95 Å². The van der Waals surface area contributed by atoms with Gasteiger partial charge in [-0.15, -0.1) is 10.2 Å². The molecule has 0 radical (unpaired) electrons. The lowest BCUT2D eigenvalue weighted by molar-refractivity contribution is -0.385. The topological polar surface area (TPSA) is 105 Å². The van der Waals surface area contributed by atoms with Crippen LogP contribution in [0.15, 0.2) is 48.5 Å². The zero-order chi connectivity index (χ0) is 21.7. The van der Waals surface area contributed by atoms with Gasteiger partial charge in [0.2, 0.25) is 0 Å². The van der Waals surface area contributed by atoms with Crippen molar-refractivity contribution in [2.75, 3.05) is 0 Å². The molecular weight excluding hydrogens is 394 g/mol. The Morgan fingerprint density at radius 2 is 1.77 bits per heavy atom. The molecule has 2 aromatic carbocycles. The van der Waals surface area contributed by atoms with Crippen LogP contribution in [0, 0.1) is 24.0 Å². The minimum atomic E-state index is -0.356. The number of aryl methyl sites for hydroxylation is 2. The Morgan fingerprint density at radius 3 is 2.58 bits per heavy atom. The van der Waals surface area contributed by atoms with E-state index in [4.69, 9.17) is 4.98 Å². The van der Waals surface area contributed by atoms with Gasteiger partial charge in [0.05, 0.1) is 16.1 Å². The Bertz CT molecular complexity index is 1480. The van der Waals surface area contributed by atoms with Crippen molar-refractivity contribution in [1.29, 1.82) is 0 Å². The molecule has 3 aromatic heterocycles. The maximum Gasteiger partial charge on any atom is 0.272 e. The number of aromatic nitrogens is 6. The zero-order valence-corrected chi connectivity index (χ0v) is 17.3. The van der Waals surface area contributed by atoms with E-state index in [-0.39, 0.29) is 10.6 Å². The number of rotatable bonds is 4. The van der Waals surface area contributed by atoms with Crippen molar-refractivity contribution >= 4 is 27.8 Å². The lowest BCUT2D eigenvalue weighted by Crippen LogP contribution is -2.08. The third-order valence-corrected chi connectivity index (χ3v) is 5.68. The van der Waals surface area contributed by atoms with E-state index in [1.165, 1.54) is 6.07 Å². The summed E-state index contributed by atoms with van der Waals surface area (Å²) in [7, 11) is 1.95. The number of para-hydroxylation sites is 2. The molecular formula is C22H19N7O2. The Kier molecular flexibility index (Phi) is 4.25. The summed E-state index contributed by atoms with van der Waals surface area (Å²) >= 11 is 0. The van der Waals surface area contributed by atoms with E-state index in [0.717, 1.165) is 39.0 Å². The Labute approximate surface area is 177 Å². The van der Waals surface area contributed by atoms with Crippen molar-refractivity contribution in [2.45, 2.75) is 20.3 Å². The molecule has 0 aliphatic carbocycles. The van der Waals surface area contributed by atoms with Crippen molar-refractivity contribution in [3.05, 3.63) is 81.2 Å². The largest absolute Gasteiger partial charge is 0.327 e. The van der Waals surface area contributed by atoms with Gasteiger partial charge in [-0.05, 0) is 19.9 Å². The third-order valence-electron chi connectivity index (χ3n) is 5.68. The first kappa shape index (κ1) is 18.9. The van der Waals surface area contributed by atoms with Crippen LogP contribution in [-0.4, -0.2) is 34.5 Å². The summed E-state index contributed by atoms with van der Waals surface area (Å²) in [5, 5.41) is 25.8. The normalized spacial score (nSPS) is 11.5. The molecule has 0 bridgehead atoms. The number of benzene rings is 2. The van der Waals surface area contributed by atoms with Crippen molar-refractivity contribution in [1.82, 2.24) is 29.5 Å². The maximum absolute atomic E-state index is 11.4. The molecule has 5 rings (SSSR count). The fourth-order valence-electron chi connectivity index (χ4n) is 4.04. The highest BCUT2D eigenvalue weighted by Crippen LogP contribution is 2.27. The van der Waals surface area contributed by atoms with Crippen LogP contribution in [0.2, 0.25) is 0 Å². The molecule has 0 atom stereocenters. The highest BCUT2D eigenvalue weighted by molar-refractivity contribution is 6.03. The standard InChI is InChI=1S/C22H19N7O2/c1-13-17(12-15-8-4-6-10-18(15)29(30)31)14(2)28(26-13)22-23-21-20(24-25-22)16-9-5-7-11-19(16)27(21)3/h4-11H,12H2,1-3H3. The molecule has 0 fully saturated rings. The number of nitro groups is 1. The lowest BCUT2D eigenvalue weighted by atomic mass is 10.0. The summed E-state index contributed by atoms with van der Waals surface area (Å²) in [4.78, 5) is 15.8. The highest BCUT2D eigenvalue weighted by atomic mass is 16.6. The van der Waals surface area contributed by atoms with Crippen LogP contribution in [0.3, 0.4) is 0 Å². The molecule has 0 N–H and O–H groups in total. The van der Waals surface area contributed by atoms with Gasteiger partial charge in [0.15, 0.2) is 5.65 Å². The molecule has 31 heavy (non-hydrogen) atoms. The van der Waals surface area contributed by atoms with Gasteiger partial charge in [-0.25, -0.2) is 4.68 Å². The number of nitrogens with zero attached hydrogens (tertiary/aromatic N) is 7. The number of hydrogen-bond donors (Lipinski definition) is 0. The fourth-order valence-corrected chi connectivity index (χ4v) is 4.04. The van der Waals surface area contributed by atoms with Crippen LogP contribution < -0.4 is 0 Å². The van der Waals surface area contributed by atoms with E-state index < -0.39 is 0 Å². The lowest BCUT2D eigenvalue weighted by Gasteiger charge is -2.05. The monoisotopic (exact) mass is 413 g/mol. The number of hydrogen-bond acceptors (Lipinski definition) is 6. The van der Waals surface area contributed by atoms with Crippen molar-refractivity contribution in [3.63, 3.8) is 0 Å². The van der Waals surface area contributed by atoms with Gasteiger partial charge in [0.1, 0.15) is 5.52 Å². The highest BCUT2D eigenvalue weighted by Gasteiger charge is 2.20. The van der Waals surface area contributed by atoms with Crippen LogP contribution in [0.25, 0.3) is 28.0 Å². The number of nitro benzene ring substituents is 1. The second kappa shape index (κ2) is 6.98. The predicted molar refractivity (Wildman–Crippen MR) is 116 cm³/mol. The first-order valence-electron chi connectivity index (χ1n) is 9.81. The second-order valence-electron chi connectivity index (χ2n) is 7.48.